The quantitative estimate of drug-likeness (QED) is 0.601. The van der Waals surface area contributed by atoms with Crippen LogP contribution in [0.25, 0.3) is 0 Å². The normalized spacial score (nSPS) is 10.4. The molecule has 0 spiro atoms. The molecule has 2 aromatic heterocycles. The maximum Gasteiger partial charge on any atom is 0.252 e. The standard InChI is InChI=1S/C14H16N4O3S3/c1-8-13(23-7-10(15)19)24-14(17-8)18-11(20)2-4-16-12(21)9-3-5-22-6-9/h3,5-6H,2,4,7H2,1H3,(H2,15,19)(H,16,21)(H,17,18,20). The first-order valence-electron chi connectivity index (χ1n) is 6.94. The summed E-state index contributed by atoms with van der Waals surface area (Å²) in [5, 5.41) is 9.41. The van der Waals surface area contributed by atoms with Crippen LogP contribution in [0, 0.1) is 6.92 Å². The molecule has 2 aromatic rings. The van der Waals surface area contributed by atoms with Crippen LogP contribution < -0.4 is 16.4 Å². The lowest BCUT2D eigenvalue weighted by Gasteiger charge is -2.03. The van der Waals surface area contributed by atoms with E-state index in [2.05, 4.69) is 15.6 Å². The van der Waals surface area contributed by atoms with E-state index in [9.17, 15) is 14.4 Å². The first kappa shape index (κ1) is 18.4. The van der Waals surface area contributed by atoms with E-state index in [0.29, 0.717) is 10.7 Å². The number of rotatable bonds is 8. The van der Waals surface area contributed by atoms with Crippen LogP contribution in [0.2, 0.25) is 0 Å². The van der Waals surface area contributed by atoms with Crippen molar-refractivity contribution in [1.82, 2.24) is 10.3 Å². The maximum atomic E-state index is 11.9. The molecular weight excluding hydrogens is 368 g/mol. The van der Waals surface area contributed by atoms with Gasteiger partial charge in [0.05, 0.1) is 15.7 Å². The van der Waals surface area contributed by atoms with E-state index in [0.717, 1.165) is 9.90 Å². The molecule has 0 aliphatic rings. The molecule has 4 N–H and O–H groups in total. The zero-order valence-corrected chi connectivity index (χ0v) is 15.3. The third-order valence-corrected chi connectivity index (χ3v) is 5.91. The fourth-order valence-corrected chi connectivity index (χ4v) is 4.20. The molecule has 128 valence electrons. The van der Waals surface area contributed by atoms with Crippen molar-refractivity contribution in [2.75, 3.05) is 17.6 Å². The van der Waals surface area contributed by atoms with Crippen molar-refractivity contribution in [2.45, 2.75) is 17.6 Å². The lowest BCUT2D eigenvalue weighted by molar-refractivity contribution is -0.116. The van der Waals surface area contributed by atoms with Gasteiger partial charge in [-0.05, 0) is 18.4 Å². The van der Waals surface area contributed by atoms with Gasteiger partial charge in [-0.25, -0.2) is 4.98 Å². The molecule has 0 atom stereocenters. The van der Waals surface area contributed by atoms with Gasteiger partial charge in [-0.2, -0.15) is 11.3 Å². The van der Waals surface area contributed by atoms with Crippen LogP contribution in [0.1, 0.15) is 22.5 Å². The van der Waals surface area contributed by atoms with Gasteiger partial charge in [0.2, 0.25) is 11.8 Å². The van der Waals surface area contributed by atoms with E-state index in [4.69, 9.17) is 5.73 Å². The average Bonchev–Trinajstić information content (AvgIpc) is 3.15. The maximum absolute atomic E-state index is 11.9. The molecule has 3 amide bonds. The smallest absolute Gasteiger partial charge is 0.252 e. The topological polar surface area (TPSA) is 114 Å². The fraction of sp³-hybridized carbons (Fsp3) is 0.286. The van der Waals surface area contributed by atoms with Crippen molar-refractivity contribution in [3.63, 3.8) is 0 Å². The van der Waals surface area contributed by atoms with Crippen molar-refractivity contribution in [3.05, 3.63) is 28.1 Å². The van der Waals surface area contributed by atoms with Crippen LogP contribution in [0.5, 0.6) is 0 Å². The summed E-state index contributed by atoms with van der Waals surface area (Å²) in [7, 11) is 0. The number of aryl methyl sites for hydroxylation is 1. The molecule has 2 rings (SSSR count). The van der Waals surface area contributed by atoms with E-state index in [1.165, 1.54) is 34.4 Å². The Balaban J connectivity index is 1.77. The third kappa shape index (κ3) is 5.62. The van der Waals surface area contributed by atoms with Gasteiger partial charge in [0, 0.05) is 23.9 Å². The summed E-state index contributed by atoms with van der Waals surface area (Å²) in [5.41, 5.74) is 6.45. The number of nitrogens with zero attached hydrogens (tertiary/aromatic N) is 1. The van der Waals surface area contributed by atoms with Crippen LogP contribution in [-0.4, -0.2) is 35.0 Å². The minimum atomic E-state index is -0.403. The fourth-order valence-electron chi connectivity index (χ4n) is 1.67. The number of hydrogen-bond donors (Lipinski definition) is 3. The van der Waals surface area contributed by atoms with Crippen LogP contribution in [0.15, 0.2) is 21.0 Å². The number of thiazole rings is 1. The van der Waals surface area contributed by atoms with E-state index < -0.39 is 5.91 Å². The summed E-state index contributed by atoms with van der Waals surface area (Å²) in [5.74, 6) is -0.662. The number of thioether (sulfide) groups is 1. The summed E-state index contributed by atoms with van der Waals surface area (Å²) in [4.78, 5) is 38.7. The van der Waals surface area contributed by atoms with Gasteiger partial charge >= 0.3 is 0 Å². The Labute approximate surface area is 151 Å². The van der Waals surface area contributed by atoms with Crippen LogP contribution in [0.3, 0.4) is 0 Å². The number of nitrogens with two attached hydrogens (primary N) is 1. The SMILES string of the molecule is Cc1nc(NC(=O)CCNC(=O)c2ccsc2)sc1SCC(N)=O. The van der Waals surface area contributed by atoms with E-state index >= 15 is 0 Å². The number of primary amides is 1. The molecule has 7 nitrogen and oxygen atoms in total. The van der Waals surface area contributed by atoms with Crippen molar-refractivity contribution in [1.29, 1.82) is 0 Å². The molecule has 24 heavy (non-hydrogen) atoms. The lowest BCUT2D eigenvalue weighted by atomic mass is 10.3. The van der Waals surface area contributed by atoms with E-state index in [-0.39, 0.29) is 30.5 Å². The highest BCUT2D eigenvalue weighted by Crippen LogP contribution is 2.31. The molecule has 0 unspecified atom stereocenters. The number of nitrogens with one attached hydrogen (secondary N) is 2. The molecule has 0 aliphatic carbocycles. The molecule has 0 aliphatic heterocycles. The Hall–Kier alpha value is -1.91. The lowest BCUT2D eigenvalue weighted by Crippen LogP contribution is -2.27. The molecule has 0 saturated carbocycles. The molecule has 0 fully saturated rings. The minimum Gasteiger partial charge on any atom is -0.369 e. The van der Waals surface area contributed by atoms with Gasteiger partial charge in [0.15, 0.2) is 5.13 Å². The Kier molecular flexibility index (Phi) is 6.76. The predicted molar refractivity (Wildman–Crippen MR) is 96.7 cm³/mol. The zero-order valence-electron chi connectivity index (χ0n) is 12.8. The van der Waals surface area contributed by atoms with Gasteiger partial charge in [-0.1, -0.05) is 11.3 Å². The number of carbonyl (C=O) groups is 3. The summed E-state index contributed by atoms with van der Waals surface area (Å²) in [6, 6.07) is 1.73. The van der Waals surface area contributed by atoms with Crippen LogP contribution in [0.4, 0.5) is 5.13 Å². The molecule has 0 aromatic carbocycles. The van der Waals surface area contributed by atoms with Gasteiger partial charge < -0.3 is 16.4 Å². The van der Waals surface area contributed by atoms with E-state index in [1.54, 1.807) is 18.4 Å². The van der Waals surface area contributed by atoms with Crippen molar-refractivity contribution < 1.29 is 14.4 Å². The highest BCUT2D eigenvalue weighted by Gasteiger charge is 2.12. The summed E-state index contributed by atoms with van der Waals surface area (Å²) < 4.78 is 0.842. The molecule has 2 heterocycles. The minimum absolute atomic E-state index is 0.151. The van der Waals surface area contributed by atoms with Crippen LogP contribution >= 0.6 is 34.4 Å². The first-order chi connectivity index (χ1) is 11.5. The first-order valence-corrected chi connectivity index (χ1v) is 9.69. The Bertz CT molecular complexity index is 728. The second kappa shape index (κ2) is 8.81. The highest BCUT2D eigenvalue weighted by atomic mass is 32.2. The summed E-state index contributed by atoms with van der Waals surface area (Å²) >= 11 is 4.03. The Morgan fingerprint density at radius 3 is 2.83 bits per heavy atom. The van der Waals surface area contributed by atoms with Gasteiger partial charge in [0.1, 0.15) is 0 Å². The van der Waals surface area contributed by atoms with Gasteiger partial charge in [-0.15, -0.1) is 11.8 Å². The van der Waals surface area contributed by atoms with Gasteiger partial charge in [0.25, 0.3) is 5.91 Å². The van der Waals surface area contributed by atoms with Crippen molar-refractivity contribution in [2.24, 2.45) is 5.73 Å². The number of thiophene rings is 1. The predicted octanol–water partition coefficient (Wildman–Crippen LogP) is 1.85. The number of carbonyl (C=O) groups excluding carboxylic acids is 3. The largest absolute Gasteiger partial charge is 0.369 e. The van der Waals surface area contributed by atoms with Gasteiger partial charge in [-0.3, -0.25) is 14.4 Å². The molecule has 10 heteroatoms. The molecular formula is C14H16N4O3S3. The van der Waals surface area contributed by atoms with Crippen molar-refractivity contribution >= 4 is 57.3 Å². The number of anilines is 1. The summed E-state index contributed by atoms with van der Waals surface area (Å²) in [6.45, 7) is 2.05. The van der Waals surface area contributed by atoms with Crippen molar-refractivity contribution in [3.8, 4) is 0 Å². The second-order valence-electron chi connectivity index (χ2n) is 4.71. The van der Waals surface area contributed by atoms with Crippen LogP contribution in [-0.2, 0) is 9.59 Å². The number of aromatic nitrogens is 1. The number of amides is 3. The summed E-state index contributed by atoms with van der Waals surface area (Å²) in [6.07, 6.45) is 0.151. The van der Waals surface area contributed by atoms with E-state index in [1.807, 2.05) is 5.38 Å². The zero-order chi connectivity index (χ0) is 17.5. The third-order valence-electron chi connectivity index (χ3n) is 2.77. The second-order valence-corrected chi connectivity index (χ2v) is 7.74. The average molecular weight is 385 g/mol. The highest BCUT2D eigenvalue weighted by molar-refractivity contribution is 8.01. The number of hydrogen-bond acceptors (Lipinski definition) is 7. The monoisotopic (exact) mass is 384 g/mol. The molecule has 0 bridgehead atoms. The Morgan fingerprint density at radius 2 is 2.17 bits per heavy atom. The molecule has 0 saturated heterocycles. The Morgan fingerprint density at radius 1 is 1.38 bits per heavy atom. The molecule has 0 radical (unpaired) electrons.